The fraction of sp³-hybridized carbons (Fsp3) is 0.458. The minimum Gasteiger partial charge on any atom is -0.483 e. The maximum Gasteiger partial charge on any atom is 0.426 e. The normalized spacial score (nSPS) is 18.5. The molecular weight excluding hydrogens is 396 g/mol. The number of hydrogen-bond acceptors (Lipinski definition) is 5. The molecule has 1 saturated heterocycles. The van der Waals surface area contributed by atoms with Crippen LogP contribution in [0.2, 0.25) is 0 Å². The van der Waals surface area contributed by atoms with E-state index in [4.69, 9.17) is 9.47 Å². The minimum absolute atomic E-state index is 0.268. The second-order valence-electron chi connectivity index (χ2n) is 8.79. The molecule has 2 aliphatic heterocycles. The van der Waals surface area contributed by atoms with Crippen molar-refractivity contribution in [3.8, 4) is 11.5 Å². The van der Waals surface area contributed by atoms with Gasteiger partial charge in [-0.15, -0.1) is 0 Å². The van der Waals surface area contributed by atoms with Crippen LogP contribution in [0.15, 0.2) is 48.5 Å². The van der Waals surface area contributed by atoms with Gasteiger partial charge in [0.25, 0.3) is 0 Å². The smallest absolute Gasteiger partial charge is 0.426 e. The number of piperidine rings is 1. The Balaban J connectivity index is 1.27. The number of carbonyl (C=O) groups excluding carboxylic acids is 1. The van der Waals surface area contributed by atoms with Gasteiger partial charge in [0.2, 0.25) is 0 Å². The molecule has 30 heavy (non-hydrogen) atoms. The fourth-order valence-corrected chi connectivity index (χ4v) is 5.00. The Bertz CT molecular complexity index is 879. The van der Waals surface area contributed by atoms with Crippen molar-refractivity contribution in [1.29, 1.82) is 0 Å². The van der Waals surface area contributed by atoms with Crippen LogP contribution >= 0.6 is 12.1 Å². The minimum atomic E-state index is -0.381. The van der Waals surface area contributed by atoms with Gasteiger partial charge in [0, 0.05) is 44.3 Å². The van der Waals surface area contributed by atoms with Crippen LogP contribution in [0.4, 0.5) is 4.79 Å². The predicted molar refractivity (Wildman–Crippen MR) is 121 cm³/mol. The van der Waals surface area contributed by atoms with E-state index in [0.29, 0.717) is 17.4 Å². The molecule has 2 heterocycles. The highest BCUT2D eigenvalue weighted by molar-refractivity contribution is 7.95. The van der Waals surface area contributed by atoms with Crippen molar-refractivity contribution in [1.82, 2.24) is 8.61 Å². The number of fused-ring (bicyclic) bond motifs is 1. The zero-order chi connectivity index (χ0) is 21.1. The molecule has 0 aromatic heterocycles. The van der Waals surface area contributed by atoms with Gasteiger partial charge in [0.1, 0.15) is 5.60 Å². The van der Waals surface area contributed by atoms with Gasteiger partial charge in [-0.3, -0.25) is 0 Å². The van der Waals surface area contributed by atoms with Crippen LogP contribution in [0.3, 0.4) is 0 Å². The van der Waals surface area contributed by atoms with Crippen LogP contribution in [0.25, 0.3) is 0 Å². The first kappa shape index (κ1) is 21.1. The lowest BCUT2D eigenvalue weighted by Crippen LogP contribution is -2.35. The van der Waals surface area contributed by atoms with Crippen molar-refractivity contribution in [3.63, 3.8) is 0 Å². The lowest BCUT2D eigenvalue weighted by Gasteiger charge is -2.32. The fourth-order valence-electron chi connectivity index (χ4n) is 4.18. The zero-order valence-corrected chi connectivity index (χ0v) is 18.8. The average Bonchev–Trinajstić information content (AvgIpc) is 3.05. The van der Waals surface area contributed by atoms with Crippen LogP contribution in [0, 0.1) is 5.92 Å². The molecule has 160 valence electrons. The van der Waals surface area contributed by atoms with E-state index in [1.165, 1.54) is 17.7 Å². The Hall–Kier alpha value is -2.18. The Kier molecular flexibility index (Phi) is 6.25. The lowest BCUT2D eigenvalue weighted by molar-refractivity contribution is 0.131. The Morgan fingerprint density at radius 2 is 1.90 bits per heavy atom. The maximum absolute atomic E-state index is 12.7. The third kappa shape index (κ3) is 5.10. The predicted octanol–water partition coefficient (Wildman–Crippen LogP) is 5.35. The first-order valence-corrected chi connectivity index (χ1v) is 11.4. The van der Waals surface area contributed by atoms with Crippen LogP contribution in [-0.2, 0) is 12.8 Å². The van der Waals surface area contributed by atoms with E-state index >= 15 is 0 Å². The number of nitrogens with zero attached hydrogens (tertiary/aromatic N) is 2. The van der Waals surface area contributed by atoms with Gasteiger partial charge in [-0.1, -0.05) is 42.5 Å². The first-order valence-electron chi connectivity index (χ1n) is 10.6. The summed E-state index contributed by atoms with van der Waals surface area (Å²) in [5.74, 6) is 1.89. The molecule has 0 unspecified atom stereocenters. The first-order chi connectivity index (χ1) is 14.4. The quantitative estimate of drug-likeness (QED) is 0.603. The molecule has 2 aliphatic rings. The summed E-state index contributed by atoms with van der Waals surface area (Å²) in [5, 5.41) is 0. The number of benzene rings is 2. The van der Waals surface area contributed by atoms with Crippen LogP contribution in [-0.4, -0.2) is 40.4 Å². The molecule has 0 spiro atoms. The van der Waals surface area contributed by atoms with E-state index in [1.807, 2.05) is 26.0 Å². The Labute approximate surface area is 183 Å². The van der Waals surface area contributed by atoms with Gasteiger partial charge in [-0.2, -0.15) is 0 Å². The van der Waals surface area contributed by atoms with E-state index in [9.17, 15) is 4.79 Å². The van der Waals surface area contributed by atoms with Gasteiger partial charge < -0.3 is 9.47 Å². The average molecular weight is 427 g/mol. The molecule has 0 aliphatic carbocycles. The second kappa shape index (κ2) is 8.90. The van der Waals surface area contributed by atoms with E-state index in [-0.39, 0.29) is 11.7 Å². The standard InChI is InChI=1S/C24H30N2O3S/c1-24(2)17-20-10-7-11-21(22(20)29-24)28-23(27)25(3)30-26-14-12-19(13-15-26)16-18-8-5-4-6-9-18/h4-11,19H,12-17H2,1-3H3. The largest absolute Gasteiger partial charge is 0.483 e. The van der Waals surface area contributed by atoms with Gasteiger partial charge in [0.05, 0.1) is 0 Å². The number of amides is 1. The van der Waals surface area contributed by atoms with Crippen LogP contribution in [0.1, 0.15) is 37.8 Å². The molecular formula is C24H30N2O3S. The van der Waals surface area contributed by atoms with Crippen molar-refractivity contribution >= 4 is 18.2 Å². The van der Waals surface area contributed by atoms with Gasteiger partial charge >= 0.3 is 6.09 Å². The van der Waals surface area contributed by atoms with Crippen molar-refractivity contribution in [3.05, 3.63) is 59.7 Å². The number of ether oxygens (including phenoxy) is 2. The summed E-state index contributed by atoms with van der Waals surface area (Å²) < 4.78 is 15.5. The van der Waals surface area contributed by atoms with Crippen molar-refractivity contribution in [2.75, 3.05) is 20.1 Å². The molecule has 0 radical (unpaired) electrons. The van der Waals surface area contributed by atoms with Crippen LogP contribution < -0.4 is 9.47 Å². The zero-order valence-electron chi connectivity index (χ0n) is 18.0. The molecule has 1 fully saturated rings. The molecule has 2 aromatic rings. The molecule has 0 atom stereocenters. The summed E-state index contributed by atoms with van der Waals surface area (Å²) >= 11 is 1.44. The van der Waals surface area contributed by atoms with Gasteiger partial charge in [-0.25, -0.2) is 13.4 Å². The van der Waals surface area contributed by atoms with Crippen LogP contribution in [0.5, 0.6) is 11.5 Å². The molecule has 5 nitrogen and oxygen atoms in total. The molecule has 6 heteroatoms. The highest BCUT2D eigenvalue weighted by atomic mass is 32.2. The van der Waals surface area contributed by atoms with E-state index < -0.39 is 0 Å². The molecule has 0 saturated carbocycles. The maximum atomic E-state index is 12.7. The number of carbonyl (C=O) groups is 1. The SMILES string of the molecule is CN(SN1CCC(Cc2ccccc2)CC1)C(=O)Oc1cccc2c1OC(C)(C)C2. The summed E-state index contributed by atoms with van der Waals surface area (Å²) in [6, 6.07) is 16.4. The Morgan fingerprint density at radius 3 is 2.63 bits per heavy atom. The summed E-state index contributed by atoms with van der Waals surface area (Å²) in [6.45, 7) is 6.03. The number of para-hydroxylation sites is 1. The topological polar surface area (TPSA) is 42.0 Å². The van der Waals surface area contributed by atoms with Crippen molar-refractivity contribution < 1.29 is 14.3 Å². The molecule has 4 rings (SSSR count). The molecule has 1 amide bonds. The van der Waals surface area contributed by atoms with E-state index in [2.05, 4.69) is 34.6 Å². The molecule has 0 bridgehead atoms. The lowest BCUT2D eigenvalue weighted by atomic mass is 9.91. The number of hydrogen-bond donors (Lipinski definition) is 0. The molecule has 0 N–H and O–H groups in total. The highest BCUT2D eigenvalue weighted by Gasteiger charge is 2.33. The van der Waals surface area contributed by atoms with E-state index in [1.54, 1.807) is 17.4 Å². The molecule has 2 aromatic carbocycles. The van der Waals surface area contributed by atoms with Crippen molar-refractivity contribution in [2.45, 2.75) is 45.1 Å². The summed E-state index contributed by atoms with van der Waals surface area (Å²) in [6.07, 6.45) is 3.84. The summed E-state index contributed by atoms with van der Waals surface area (Å²) in [4.78, 5) is 12.7. The van der Waals surface area contributed by atoms with Crippen molar-refractivity contribution in [2.24, 2.45) is 5.92 Å². The van der Waals surface area contributed by atoms with Gasteiger partial charge in [0.15, 0.2) is 11.5 Å². The monoisotopic (exact) mass is 426 g/mol. The summed E-state index contributed by atoms with van der Waals surface area (Å²) in [7, 11) is 1.76. The number of rotatable bonds is 5. The Morgan fingerprint density at radius 1 is 1.17 bits per heavy atom. The highest BCUT2D eigenvalue weighted by Crippen LogP contribution is 2.42. The second-order valence-corrected chi connectivity index (χ2v) is 10.0. The van der Waals surface area contributed by atoms with Gasteiger partial charge in [-0.05, 0) is 50.7 Å². The third-order valence-corrected chi connectivity index (χ3v) is 6.68. The van der Waals surface area contributed by atoms with E-state index in [0.717, 1.165) is 44.3 Å². The third-order valence-electron chi connectivity index (χ3n) is 5.69. The summed E-state index contributed by atoms with van der Waals surface area (Å²) in [5.41, 5.74) is 2.22.